The predicted molar refractivity (Wildman–Crippen MR) is 65.0 cm³/mol. The molecule has 1 aromatic rings. The first-order valence-electron chi connectivity index (χ1n) is 5.66. The Morgan fingerprint density at radius 1 is 1.62 bits per heavy atom. The molecule has 0 aliphatic carbocycles. The van der Waals surface area contributed by atoms with Gasteiger partial charge < -0.3 is 10.1 Å². The molecule has 0 bridgehead atoms. The van der Waals surface area contributed by atoms with E-state index < -0.39 is 0 Å². The fourth-order valence-corrected chi connectivity index (χ4v) is 2.69. The first-order valence-corrected chi connectivity index (χ1v) is 6.47. The summed E-state index contributed by atoms with van der Waals surface area (Å²) in [5.74, 6) is 0.0149. The number of rotatable bonds is 3. The summed E-state index contributed by atoms with van der Waals surface area (Å²) in [6.07, 6.45) is 2.33. The summed E-state index contributed by atoms with van der Waals surface area (Å²) >= 11 is 1.53. The smallest absolute Gasteiger partial charge is 0.261 e. The topological polar surface area (TPSA) is 38.3 Å². The van der Waals surface area contributed by atoms with E-state index in [2.05, 4.69) is 5.32 Å². The number of amides is 1. The summed E-state index contributed by atoms with van der Waals surface area (Å²) in [6, 6.07) is 3.94. The Balaban J connectivity index is 1.91. The summed E-state index contributed by atoms with van der Waals surface area (Å²) in [5.41, 5.74) is 0. The summed E-state index contributed by atoms with van der Waals surface area (Å²) < 4.78 is 5.55. The van der Waals surface area contributed by atoms with Crippen molar-refractivity contribution >= 4 is 17.2 Å². The zero-order valence-corrected chi connectivity index (χ0v) is 10.5. The molecule has 0 radical (unpaired) electrons. The average Bonchev–Trinajstić information content (AvgIpc) is 2.87. The van der Waals surface area contributed by atoms with Crippen LogP contribution in [-0.2, 0) is 4.74 Å². The maximum absolute atomic E-state index is 11.9. The van der Waals surface area contributed by atoms with Gasteiger partial charge in [0, 0.05) is 11.5 Å². The molecule has 4 heteroatoms. The second-order valence-corrected chi connectivity index (χ2v) is 5.51. The Bertz CT molecular complexity index is 369. The van der Waals surface area contributed by atoms with Gasteiger partial charge in [0.15, 0.2) is 0 Å². The molecule has 2 atom stereocenters. The minimum absolute atomic E-state index is 0.0149. The van der Waals surface area contributed by atoms with Crippen LogP contribution >= 0.6 is 11.3 Å². The van der Waals surface area contributed by atoms with Crippen LogP contribution in [0.2, 0.25) is 0 Å². The fourth-order valence-electron chi connectivity index (χ4n) is 1.92. The molecule has 0 spiro atoms. The zero-order chi connectivity index (χ0) is 11.5. The number of aryl methyl sites for hydroxylation is 1. The van der Waals surface area contributed by atoms with E-state index in [1.807, 2.05) is 26.0 Å². The molecule has 2 heterocycles. The van der Waals surface area contributed by atoms with Gasteiger partial charge in [-0.3, -0.25) is 4.79 Å². The van der Waals surface area contributed by atoms with Crippen molar-refractivity contribution in [2.45, 2.75) is 38.8 Å². The van der Waals surface area contributed by atoms with Gasteiger partial charge in [-0.15, -0.1) is 11.3 Å². The zero-order valence-electron chi connectivity index (χ0n) is 9.66. The molecule has 3 nitrogen and oxygen atoms in total. The van der Waals surface area contributed by atoms with Gasteiger partial charge in [0.25, 0.3) is 5.91 Å². The van der Waals surface area contributed by atoms with Gasteiger partial charge in [0.1, 0.15) is 0 Å². The van der Waals surface area contributed by atoms with E-state index in [1.54, 1.807) is 0 Å². The Kier molecular flexibility index (Phi) is 3.61. The van der Waals surface area contributed by atoms with Gasteiger partial charge in [0.05, 0.1) is 17.0 Å². The highest BCUT2D eigenvalue weighted by atomic mass is 32.1. The van der Waals surface area contributed by atoms with Crippen LogP contribution in [0, 0.1) is 6.92 Å². The van der Waals surface area contributed by atoms with Gasteiger partial charge >= 0.3 is 0 Å². The molecule has 88 valence electrons. The molecular weight excluding hydrogens is 222 g/mol. The molecule has 1 amide bonds. The van der Waals surface area contributed by atoms with Crippen LogP contribution in [0.4, 0.5) is 0 Å². The normalized spacial score (nSPS) is 22.0. The van der Waals surface area contributed by atoms with E-state index in [0.29, 0.717) is 0 Å². The van der Waals surface area contributed by atoms with Crippen molar-refractivity contribution in [3.05, 3.63) is 21.9 Å². The summed E-state index contributed by atoms with van der Waals surface area (Å²) in [7, 11) is 0. The third-order valence-corrected chi connectivity index (χ3v) is 3.84. The van der Waals surface area contributed by atoms with Crippen molar-refractivity contribution < 1.29 is 9.53 Å². The van der Waals surface area contributed by atoms with Gasteiger partial charge in [0.2, 0.25) is 0 Å². The van der Waals surface area contributed by atoms with Crippen molar-refractivity contribution in [2.75, 3.05) is 6.61 Å². The van der Waals surface area contributed by atoms with Crippen molar-refractivity contribution in [3.63, 3.8) is 0 Å². The summed E-state index contributed by atoms with van der Waals surface area (Å²) in [4.78, 5) is 13.8. The van der Waals surface area contributed by atoms with Crippen LogP contribution in [-0.4, -0.2) is 24.7 Å². The third kappa shape index (κ3) is 2.62. The molecular formula is C12H17NO2S. The number of carbonyl (C=O) groups is 1. The molecule has 1 aromatic heterocycles. The molecule has 0 unspecified atom stereocenters. The van der Waals surface area contributed by atoms with E-state index in [0.717, 1.165) is 29.2 Å². The highest BCUT2D eigenvalue weighted by Gasteiger charge is 2.24. The second kappa shape index (κ2) is 4.97. The number of carbonyl (C=O) groups excluding carboxylic acids is 1. The summed E-state index contributed by atoms with van der Waals surface area (Å²) in [6.45, 7) is 4.84. The Labute approximate surface area is 99.8 Å². The van der Waals surface area contributed by atoms with Gasteiger partial charge in [-0.25, -0.2) is 0 Å². The van der Waals surface area contributed by atoms with Crippen LogP contribution in [0.1, 0.15) is 34.3 Å². The standard InChI is InChI=1S/C12H17NO2S/c1-8-5-6-11(16-8)12(14)13-9(2)10-4-3-7-15-10/h5-6,9-10H,3-4,7H2,1-2H3,(H,13,14)/t9-,10+/m1/s1. The quantitative estimate of drug-likeness (QED) is 0.879. The van der Waals surface area contributed by atoms with E-state index in [-0.39, 0.29) is 18.1 Å². The van der Waals surface area contributed by atoms with Gasteiger partial charge in [-0.1, -0.05) is 0 Å². The maximum Gasteiger partial charge on any atom is 0.261 e. The van der Waals surface area contributed by atoms with Crippen molar-refractivity contribution in [1.29, 1.82) is 0 Å². The van der Waals surface area contributed by atoms with Crippen molar-refractivity contribution in [2.24, 2.45) is 0 Å². The van der Waals surface area contributed by atoms with Crippen molar-refractivity contribution in [1.82, 2.24) is 5.32 Å². The number of ether oxygens (including phenoxy) is 1. The highest BCUT2D eigenvalue weighted by Crippen LogP contribution is 2.18. The first-order chi connectivity index (χ1) is 7.66. The minimum atomic E-state index is 0.0149. The first kappa shape index (κ1) is 11.6. The molecule has 1 saturated heterocycles. The van der Waals surface area contributed by atoms with E-state index in [4.69, 9.17) is 4.74 Å². The average molecular weight is 239 g/mol. The second-order valence-electron chi connectivity index (χ2n) is 4.22. The maximum atomic E-state index is 11.9. The lowest BCUT2D eigenvalue weighted by Gasteiger charge is -2.19. The van der Waals surface area contributed by atoms with E-state index >= 15 is 0 Å². The highest BCUT2D eigenvalue weighted by molar-refractivity contribution is 7.13. The third-order valence-electron chi connectivity index (χ3n) is 2.85. The molecule has 1 fully saturated rings. The molecule has 0 aromatic carbocycles. The van der Waals surface area contributed by atoms with Crippen LogP contribution in [0.5, 0.6) is 0 Å². The van der Waals surface area contributed by atoms with Crippen LogP contribution in [0.3, 0.4) is 0 Å². The lowest BCUT2D eigenvalue weighted by Crippen LogP contribution is -2.40. The van der Waals surface area contributed by atoms with Crippen molar-refractivity contribution in [3.8, 4) is 0 Å². The van der Waals surface area contributed by atoms with Gasteiger partial charge in [-0.2, -0.15) is 0 Å². The molecule has 1 aliphatic rings. The fraction of sp³-hybridized carbons (Fsp3) is 0.583. The van der Waals surface area contributed by atoms with E-state index in [1.165, 1.54) is 11.3 Å². The van der Waals surface area contributed by atoms with E-state index in [9.17, 15) is 4.79 Å². The Hall–Kier alpha value is -0.870. The number of thiophene rings is 1. The lowest BCUT2D eigenvalue weighted by atomic mass is 10.1. The largest absolute Gasteiger partial charge is 0.376 e. The number of hydrogen-bond acceptors (Lipinski definition) is 3. The molecule has 0 saturated carbocycles. The lowest BCUT2D eigenvalue weighted by molar-refractivity contribution is 0.0714. The number of hydrogen-bond donors (Lipinski definition) is 1. The molecule has 2 rings (SSSR count). The SMILES string of the molecule is Cc1ccc(C(=O)N[C@H](C)[C@@H]2CCCO2)s1. The summed E-state index contributed by atoms with van der Waals surface area (Å²) in [5, 5.41) is 3.00. The van der Waals surface area contributed by atoms with Crippen LogP contribution in [0.15, 0.2) is 12.1 Å². The molecule has 16 heavy (non-hydrogen) atoms. The van der Waals surface area contributed by atoms with Crippen LogP contribution < -0.4 is 5.32 Å². The molecule has 1 aliphatic heterocycles. The van der Waals surface area contributed by atoms with Crippen LogP contribution in [0.25, 0.3) is 0 Å². The predicted octanol–water partition coefficient (Wildman–Crippen LogP) is 2.35. The molecule has 1 N–H and O–H groups in total. The minimum Gasteiger partial charge on any atom is -0.376 e. The Morgan fingerprint density at radius 2 is 2.44 bits per heavy atom. The number of nitrogens with one attached hydrogen (secondary N) is 1. The Morgan fingerprint density at radius 3 is 3.00 bits per heavy atom. The monoisotopic (exact) mass is 239 g/mol. The van der Waals surface area contributed by atoms with Gasteiger partial charge in [-0.05, 0) is 38.8 Å².